The van der Waals surface area contributed by atoms with Crippen LogP contribution in [-0.2, 0) is 31.6 Å². The molecule has 5 atom stereocenters. The molecule has 1 aromatic rings. The minimum absolute atomic E-state index is 0.0121. The Morgan fingerprint density at radius 3 is 2.48 bits per heavy atom. The van der Waals surface area contributed by atoms with Crippen molar-refractivity contribution in [1.29, 1.82) is 0 Å². The summed E-state index contributed by atoms with van der Waals surface area (Å²) in [6.07, 6.45) is 4.85. The lowest BCUT2D eigenvalue weighted by atomic mass is 10.0. The number of nitrogen functional groups attached to an aromatic ring is 1. The van der Waals surface area contributed by atoms with E-state index in [2.05, 4.69) is 24.0 Å². The van der Waals surface area contributed by atoms with Crippen LogP contribution >= 0.6 is 23.5 Å². The highest BCUT2D eigenvalue weighted by molar-refractivity contribution is 7.66. The van der Waals surface area contributed by atoms with Gasteiger partial charge in [0.05, 0.1) is 18.6 Å². The van der Waals surface area contributed by atoms with Crippen LogP contribution in [-0.4, -0.2) is 41.8 Å². The second kappa shape index (κ2) is 8.77. The van der Waals surface area contributed by atoms with Crippen LogP contribution in [0.5, 0.6) is 0 Å². The summed E-state index contributed by atoms with van der Waals surface area (Å²) in [7, 11) is -16.5. The van der Waals surface area contributed by atoms with E-state index in [1.165, 1.54) is 12.3 Å². The summed E-state index contributed by atoms with van der Waals surface area (Å²) in [6.45, 7) is -0.730. The lowest BCUT2D eigenvalue weighted by Crippen LogP contribution is -2.28. The molecule has 18 heteroatoms. The second-order valence-corrected chi connectivity index (χ2v) is 9.99. The molecule has 0 radical (unpaired) electrons. The monoisotopic (exact) mass is 475 g/mol. The smallest absolute Gasteiger partial charge is 0.383 e. The van der Waals surface area contributed by atoms with E-state index in [-0.39, 0.29) is 12.2 Å². The van der Waals surface area contributed by atoms with Crippen LogP contribution in [0.4, 0.5) is 5.82 Å². The van der Waals surface area contributed by atoms with Gasteiger partial charge in [-0.15, -0.1) is 12.3 Å². The molecule has 6 N–H and O–H groups in total. The van der Waals surface area contributed by atoms with Crippen molar-refractivity contribution in [2.75, 3.05) is 12.3 Å². The molecule has 2 heterocycles. The summed E-state index contributed by atoms with van der Waals surface area (Å²) in [6, 6.07) is 1.34. The van der Waals surface area contributed by atoms with Crippen LogP contribution in [0, 0.1) is 18.3 Å². The van der Waals surface area contributed by atoms with Gasteiger partial charge in [-0.25, -0.2) is 18.5 Å². The van der Waals surface area contributed by atoms with Gasteiger partial charge in [0.25, 0.3) is 0 Å². The molecule has 0 aromatic carbocycles. The van der Waals surface area contributed by atoms with E-state index in [4.69, 9.17) is 31.6 Å². The molecule has 2 rings (SSSR count). The van der Waals surface area contributed by atoms with Gasteiger partial charge < -0.3 is 30.0 Å². The predicted molar refractivity (Wildman–Crippen MR) is 93.6 cm³/mol. The zero-order valence-electron chi connectivity index (χ0n) is 14.2. The molecule has 1 aliphatic heterocycles. The average Bonchev–Trinajstić information content (AvgIpc) is 2.92. The Hall–Kier alpha value is -1.39. The quantitative estimate of drug-likeness (QED) is 0.240. The molecule has 162 valence electrons. The molecule has 0 spiro atoms. The van der Waals surface area contributed by atoms with Gasteiger partial charge in [-0.3, -0.25) is 9.09 Å². The SMILES string of the molecule is C#C[C@@H]1C[C@H](n2ccc(N)nc2=O)O[C@@H]1COP(=O)(O)OP(=O)(O)OP(=O)(O)O. The Morgan fingerprint density at radius 2 is 1.93 bits per heavy atom. The summed E-state index contributed by atoms with van der Waals surface area (Å²) in [5.74, 6) is 1.64. The van der Waals surface area contributed by atoms with Gasteiger partial charge in [0.2, 0.25) is 0 Å². The van der Waals surface area contributed by atoms with Crippen LogP contribution in [0.2, 0.25) is 0 Å². The summed E-state index contributed by atoms with van der Waals surface area (Å²) in [5, 5.41) is 0. The Bertz CT molecular complexity index is 999. The number of phosphoric acid groups is 3. The first-order valence-electron chi connectivity index (χ1n) is 7.46. The van der Waals surface area contributed by atoms with Crippen LogP contribution in [0.25, 0.3) is 0 Å². The van der Waals surface area contributed by atoms with Crippen LogP contribution in [0.3, 0.4) is 0 Å². The van der Waals surface area contributed by atoms with E-state index in [1.807, 2.05) is 0 Å². The molecule has 29 heavy (non-hydrogen) atoms. The first kappa shape index (κ1) is 23.9. The number of rotatable bonds is 8. The summed E-state index contributed by atoms with van der Waals surface area (Å²) in [5.41, 5.74) is 4.68. The van der Waals surface area contributed by atoms with Crippen molar-refractivity contribution in [1.82, 2.24) is 9.55 Å². The number of aromatic nitrogens is 2. The second-order valence-electron chi connectivity index (χ2n) is 5.57. The van der Waals surface area contributed by atoms with Crippen molar-refractivity contribution in [3.63, 3.8) is 0 Å². The number of hydrogen-bond donors (Lipinski definition) is 5. The van der Waals surface area contributed by atoms with E-state index >= 15 is 0 Å². The Kier molecular flexibility index (Phi) is 7.22. The number of terminal acetylenes is 1. The maximum absolute atomic E-state index is 11.9. The number of nitrogens with two attached hydrogens (primary N) is 1. The normalized spacial score (nSPS) is 26.4. The fourth-order valence-corrected chi connectivity index (χ4v) is 5.38. The highest BCUT2D eigenvalue weighted by atomic mass is 31.3. The van der Waals surface area contributed by atoms with E-state index < -0.39 is 54.0 Å². The van der Waals surface area contributed by atoms with Gasteiger partial charge in [-0.1, -0.05) is 0 Å². The van der Waals surface area contributed by atoms with E-state index in [9.17, 15) is 23.4 Å². The largest absolute Gasteiger partial charge is 0.490 e. The van der Waals surface area contributed by atoms with Crippen LogP contribution in [0.1, 0.15) is 12.6 Å². The maximum Gasteiger partial charge on any atom is 0.490 e. The van der Waals surface area contributed by atoms with E-state index in [1.54, 1.807) is 0 Å². The molecule has 1 aromatic heterocycles. The summed E-state index contributed by atoms with van der Waals surface area (Å²) >= 11 is 0. The molecule has 2 unspecified atom stereocenters. The molecular formula is C11H16N3O12P3. The predicted octanol–water partition coefficient (Wildman–Crippen LogP) is -0.294. The van der Waals surface area contributed by atoms with Crippen molar-refractivity contribution >= 4 is 29.3 Å². The maximum atomic E-state index is 11.9. The van der Waals surface area contributed by atoms with Gasteiger partial charge in [0, 0.05) is 12.6 Å². The lowest BCUT2D eigenvalue weighted by Gasteiger charge is -2.19. The van der Waals surface area contributed by atoms with Crippen molar-refractivity contribution in [3.05, 3.63) is 22.7 Å². The Morgan fingerprint density at radius 1 is 1.28 bits per heavy atom. The van der Waals surface area contributed by atoms with Gasteiger partial charge in [0.1, 0.15) is 12.0 Å². The highest BCUT2D eigenvalue weighted by Crippen LogP contribution is 2.66. The number of nitrogens with zero attached hydrogens (tertiary/aromatic N) is 2. The molecule has 0 aliphatic carbocycles. The van der Waals surface area contributed by atoms with E-state index in [0.29, 0.717) is 0 Å². The minimum Gasteiger partial charge on any atom is -0.383 e. The number of phosphoric ester groups is 1. The molecule has 1 aliphatic rings. The molecule has 15 nitrogen and oxygen atoms in total. The molecule has 0 bridgehead atoms. The third-order valence-corrected chi connectivity index (χ3v) is 7.23. The Balaban J connectivity index is 2.04. The van der Waals surface area contributed by atoms with Crippen molar-refractivity contribution in [2.24, 2.45) is 5.92 Å². The zero-order valence-corrected chi connectivity index (χ0v) is 16.9. The number of anilines is 1. The van der Waals surface area contributed by atoms with Crippen molar-refractivity contribution in [3.8, 4) is 12.3 Å². The fourth-order valence-electron chi connectivity index (χ4n) is 2.35. The molecular weight excluding hydrogens is 459 g/mol. The number of ether oxygens (including phenoxy) is 1. The van der Waals surface area contributed by atoms with Gasteiger partial charge in [-0.05, 0) is 6.07 Å². The fraction of sp³-hybridized carbons (Fsp3) is 0.455. The third-order valence-electron chi connectivity index (χ3n) is 3.43. The van der Waals surface area contributed by atoms with Crippen LogP contribution in [0.15, 0.2) is 17.1 Å². The van der Waals surface area contributed by atoms with Gasteiger partial charge >= 0.3 is 29.2 Å². The van der Waals surface area contributed by atoms with Crippen molar-refractivity contribution < 1.29 is 51.2 Å². The lowest BCUT2D eigenvalue weighted by molar-refractivity contribution is -0.0284. The average molecular weight is 475 g/mol. The molecule has 0 saturated carbocycles. The molecule has 0 amide bonds. The minimum atomic E-state index is -5.64. The first-order chi connectivity index (χ1) is 13.2. The molecule has 1 saturated heterocycles. The standard InChI is InChI=1S/C11H16N3O12P3/c1-2-7-5-10(14-4-3-9(12)13-11(14)15)24-8(7)6-23-28(19,20)26-29(21,22)25-27(16,17)18/h1,3-4,7-8,10H,5-6H2,(H,19,20)(H,21,22)(H2,12,13,15)(H2,16,17,18)/t7-,8-,10-/m1/s1. The van der Waals surface area contributed by atoms with Crippen LogP contribution < -0.4 is 11.4 Å². The Labute approximate surface area is 162 Å². The number of hydrogen-bond acceptors (Lipinski definition) is 10. The van der Waals surface area contributed by atoms with Crippen molar-refractivity contribution in [2.45, 2.75) is 18.8 Å². The molecule has 1 fully saturated rings. The summed E-state index contributed by atoms with van der Waals surface area (Å²) < 4.78 is 52.0. The van der Waals surface area contributed by atoms with Gasteiger partial charge in [0.15, 0.2) is 0 Å². The zero-order chi connectivity index (χ0) is 22.0. The van der Waals surface area contributed by atoms with E-state index in [0.717, 1.165) is 4.57 Å². The topological polar surface area (TPSA) is 230 Å². The van der Waals surface area contributed by atoms with Gasteiger partial charge in [-0.2, -0.15) is 13.6 Å². The first-order valence-corrected chi connectivity index (χ1v) is 12.0. The summed E-state index contributed by atoms with van der Waals surface area (Å²) in [4.78, 5) is 51.0. The highest BCUT2D eigenvalue weighted by Gasteiger charge is 2.42. The third kappa shape index (κ3) is 7.11.